The van der Waals surface area contributed by atoms with Crippen LogP contribution in [-0.2, 0) is 10.0 Å². The van der Waals surface area contributed by atoms with E-state index in [0.717, 1.165) is 44.5 Å². The summed E-state index contributed by atoms with van der Waals surface area (Å²) in [6.45, 7) is 7.20. The standard InChI is InChI=1S/C15H24N2O2S/c1-3-10-17-11-8-14(9-12-17)16-20(18,19)15-6-4-13(2)5-7-15/h4-7,14,16H,3,8-12H2,1-2H3. The number of hydrogen-bond donors (Lipinski definition) is 1. The quantitative estimate of drug-likeness (QED) is 0.906. The van der Waals surface area contributed by atoms with Gasteiger partial charge in [-0.15, -0.1) is 0 Å². The van der Waals surface area contributed by atoms with Gasteiger partial charge in [0.05, 0.1) is 4.90 Å². The summed E-state index contributed by atoms with van der Waals surface area (Å²) in [4.78, 5) is 2.76. The third-order valence-electron chi connectivity index (χ3n) is 3.78. The number of likely N-dealkylation sites (tertiary alicyclic amines) is 1. The van der Waals surface area contributed by atoms with E-state index in [0.29, 0.717) is 4.90 Å². The summed E-state index contributed by atoms with van der Waals surface area (Å²) in [7, 11) is -3.37. The minimum Gasteiger partial charge on any atom is -0.303 e. The molecule has 0 bridgehead atoms. The van der Waals surface area contributed by atoms with E-state index in [1.54, 1.807) is 12.1 Å². The third-order valence-corrected chi connectivity index (χ3v) is 5.32. The lowest BCUT2D eigenvalue weighted by atomic mass is 10.1. The van der Waals surface area contributed by atoms with Crippen molar-refractivity contribution in [2.75, 3.05) is 19.6 Å². The zero-order valence-electron chi connectivity index (χ0n) is 12.3. The fourth-order valence-corrected chi connectivity index (χ4v) is 3.90. The van der Waals surface area contributed by atoms with Crippen LogP contribution < -0.4 is 4.72 Å². The molecule has 0 aromatic heterocycles. The van der Waals surface area contributed by atoms with Crippen LogP contribution in [0.1, 0.15) is 31.7 Å². The number of aryl methyl sites for hydroxylation is 1. The van der Waals surface area contributed by atoms with Gasteiger partial charge in [0.15, 0.2) is 0 Å². The Balaban J connectivity index is 1.94. The lowest BCUT2D eigenvalue weighted by molar-refractivity contribution is 0.208. The Hall–Kier alpha value is -0.910. The monoisotopic (exact) mass is 296 g/mol. The number of nitrogens with one attached hydrogen (secondary N) is 1. The largest absolute Gasteiger partial charge is 0.303 e. The van der Waals surface area contributed by atoms with Crippen molar-refractivity contribution < 1.29 is 8.42 Å². The van der Waals surface area contributed by atoms with E-state index in [4.69, 9.17) is 0 Å². The molecule has 1 aliphatic rings. The summed E-state index contributed by atoms with van der Waals surface area (Å²) in [5.41, 5.74) is 1.07. The summed E-state index contributed by atoms with van der Waals surface area (Å²) in [6.07, 6.45) is 2.94. The molecule has 1 heterocycles. The molecule has 0 amide bonds. The van der Waals surface area contributed by atoms with Crippen LogP contribution in [0.15, 0.2) is 29.2 Å². The highest BCUT2D eigenvalue weighted by Crippen LogP contribution is 2.15. The fourth-order valence-electron chi connectivity index (χ4n) is 2.60. The van der Waals surface area contributed by atoms with Crippen LogP contribution in [-0.4, -0.2) is 39.0 Å². The second-order valence-electron chi connectivity index (χ2n) is 5.55. The minimum absolute atomic E-state index is 0.0643. The van der Waals surface area contributed by atoms with Crippen molar-refractivity contribution in [2.45, 2.75) is 44.0 Å². The molecule has 20 heavy (non-hydrogen) atoms. The zero-order valence-corrected chi connectivity index (χ0v) is 13.1. The molecule has 0 radical (unpaired) electrons. The van der Waals surface area contributed by atoms with Crippen LogP contribution in [0.2, 0.25) is 0 Å². The van der Waals surface area contributed by atoms with Gasteiger partial charge in [0.1, 0.15) is 0 Å². The van der Waals surface area contributed by atoms with Gasteiger partial charge >= 0.3 is 0 Å². The van der Waals surface area contributed by atoms with E-state index in [1.165, 1.54) is 0 Å². The van der Waals surface area contributed by atoms with Crippen molar-refractivity contribution in [1.29, 1.82) is 0 Å². The lowest BCUT2D eigenvalue weighted by Gasteiger charge is -2.31. The first-order valence-corrected chi connectivity index (χ1v) is 8.81. The first-order chi connectivity index (χ1) is 9.51. The number of sulfonamides is 1. The average Bonchev–Trinajstić information content (AvgIpc) is 2.41. The molecule has 1 N–H and O–H groups in total. The Labute approximate surface area is 122 Å². The van der Waals surface area contributed by atoms with Crippen LogP contribution in [0, 0.1) is 6.92 Å². The number of hydrogen-bond acceptors (Lipinski definition) is 3. The van der Waals surface area contributed by atoms with Crippen LogP contribution in [0.3, 0.4) is 0 Å². The van der Waals surface area contributed by atoms with Gasteiger partial charge in [-0.1, -0.05) is 24.6 Å². The van der Waals surface area contributed by atoms with Crippen molar-refractivity contribution in [2.24, 2.45) is 0 Å². The zero-order chi connectivity index (χ0) is 14.6. The van der Waals surface area contributed by atoms with Crippen LogP contribution in [0.5, 0.6) is 0 Å². The Bertz CT molecular complexity index is 517. The van der Waals surface area contributed by atoms with E-state index in [1.807, 2.05) is 19.1 Å². The number of rotatable bonds is 5. The highest BCUT2D eigenvalue weighted by molar-refractivity contribution is 7.89. The first-order valence-electron chi connectivity index (χ1n) is 7.32. The second kappa shape index (κ2) is 6.70. The molecular weight excluding hydrogens is 272 g/mol. The van der Waals surface area contributed by atoms with Gasteiger partial charge in [0.25, 0.3) is 0 Å². The van der Waals surface area contributed by atoms with Crippen molar-refractivity contribution in [3.8, 4) is 0 Å². The van der Waals surface area contributed by atoms with Crippen molar-refractivity contribution in [1.82, 2.24) is 9.62 Å². The molecule has 0 unspecified atom stereocenters. The minimum atomic E-state index is -3.37. The van der Waals surface area contributed by atoms with E-state index in [-0.39, 0.29) is 6.04 Å². The molecule has 1 fully saturated rings. The Morgan fingerprint density at radius 3 is 2.35 bits per heavy atom. The summed E-state index contributed by atoms with van der Waals surface area (Å²) < 4.78 is 27.4. The smallest absolute Gasteiger partial charge is 0.240 e. The third kappa shape index (κ3) is 4.04. The molecule has 0 spiro atoms. The van der Waals surface area contributed by atoms with E-state index in [2.05, 4.69) is 16.5 Å². The molecule has 1 aromatic rings. The van der Waals surface area contributed by atoms with E-state index >= 15 is 0 Å². The molecule has 0 atom stereocenters. The van der Waals surface area contributed by atoms with Crippen LogP contribution in [0.25, 0.3) is 0 Å². The molecule has 0 aliphatic carbocycles. The fraction of sp³-hybridized carbons (Fsp3) is 0.600. The van der Waals surface area contributed by atoms with Gasteiger partial charge in [0.2, 0.25) is 10.0 Å². The van der Waals surface area contributed by atoms with Gasteiger partial charge in [0, 0.05) is 6.04 Å². The molecule has 1 saturated heterocycles. The Kier molecular flexibility index (Phi) is 5.18. The normalized spacial score (nSPS) is 18.3. The summed E-state index contributed by atoms with van der Waals surface area (Å²) in [5, 5.41) is 0. The summed E-state index contributed by atoms with van der Waals surface area (Å²) >= 11 is 0. The lowest BCUT2D eigenvalue weighted by Crippen LogP contribution is -2.44. The molecule has 1 aromatic carbocycles. The van der Waals surface area contributed by atoms with Crippen molar-refractivity contribution >= 4 is 10.0 Å². The average molecular weight is 296 g/mol. The summed E-state index contributed by atoms with van der Waals surface area (Å²) in [6, 6.07) is 7.07. The van der Waals surface area contributed by atoms with Crippen LogP contribution >= 0.6 is 0 Å². The second-order valence-corrected chi connectivity index (χ2v) is 7.26. The predicted molar refractivity (Wildman–Crippen MR) is 81.3 cm³/mol. The molecule has 5 heteroatoms. The summed E-state index contributed by atoms with van der Waals surface area (Å²) in [5.74, 6) is 0. The predicted octanol–water partition coefficient (Wildman–Crippen LogP) is 2.15. The molecular formula is C15H24N2O2S. The van der Waals surface area contributed by atoms with Crippen molar-refractivity contribution in [3.63, 3.8) is 0 Å². The number of nitrogens with zero attached hydrogens (tertiary/aromatic N) is 1. The highest BCUT2D eigenvalue weighted by atomic mass is 32.2. The van der Waals surface area contributed by atoms with Gasteiger partial charge < -0.3 is 4.90 Å². The maximum absolute atomic E-state index is 12.3. The molecule has 0 saturated carbocycles. The molecule has 112 valence electrons. The van der Waals surface area contributed by atoms with Crippen LogP contribution in [0.4, 0.5) is 0 Å². The van der Waals surface area contributed by atoms with Crippen molar-refractivity contribution in [3.05, 3.63) is 29.8 Å². The molecule has 2 rings (SSSR count). The number of benzene rings is 1. The maximum Gasteiger partial charge on any atom is 0.240 e. The molecule has 4 nitrogen and oxygen atoms in total. The first kappa shape index (κ1) is 15.5. The Morgan fingerprint density at radius 1 is 1.20 bits per heavy atom. The Morgan fingerprint density at radius 2 is 1.80 bits per heavy atom. The molecule has 1 aliphatic heterocycles. The van der Waals surface area contributed by atoms with Gasteiger partial charge in [-0.3, -0.25) is 0 Å². The van der Waals surface area contributed by atoms with Gasteiger partial charge in [-0.2, -0.15) is 0 Å². The van der Waals surface area contributed by atoms with Gasteiger partial charge in [-0.05, 0) is 58.0 Å². The maximum atomic E-state index is 12.3. The van der Waals surface area contributed by atoms with Gasteiger partial charge in [-0.25, -0.2) is 13.1 Å². The number of piperidine rings is 1. The van der Waals surface area contributed by atoms with E-state index < -0.39 is 10.0 Å². The van der Waals surface area contributed by atoms with E-state index in [9.17, 15) is 8.42 Å². The SMILES string of the molecule is CCCN1CCC(NS(=O)(=O)c2ccc(C)cc2)CC1. The topological polar surface area (TPSA) is 49.4 Å². The highest BCUT2D eigenvalue weighted by Gasteiger charge is 2.24.